The van der Waals surface area contributed by atoms with E-state index >= 15 is 0 Å². The maximum atomic E-state index is 14.1. The molecule has 1 atom stereocenters. The van der Waals surface area contributed by atoms with Gasteiger partial charge in [0.15, 0.2) is 15.1 Å². The van der Waals surface area contributed by atoms with Crippen molar-refractivity contribution >= 4 is 68.5 Å². The highest BCUT2D eigenvalue weighted by Crippen LogP contribution is 2.36. The normalized spacial score (nSPS) is 14.9. The van der Waals surface area contributed by atoms with Gasteiger partial charge in [0.05, 0.1) is 32.9 Å². The van der Waals surface area contributed by atoms with E-state index in [1.54, 1.807) is 53.9 Å². The van der Waals surface area contributed by atoms with Gasteiger partial charge in [-0.05, 0) is 70.7 Å². The molecule has 0 unspecified atom stereocenters. The number of thiazole rings is 1. The third kappa shape index (κ3) is 6.05. The fourth-order valence-electron chi connectivity index (χ4n) is 4.60. The highest BCUT2D eigenvalue weighted by Gasteiger charge is 2.35. The summed E-state index contributed by atoms with van der Waals surface area (Å²) in [6.45, 7) is 1.95. The first-order chi connectivity index (χ1) is 21.0. The van der Waals surface area contributed by atoms with Crippen LogP contribution in [0.4, 0.5) is 0 Å². The summed E-state index contributed by atoms with van der Waals surface area (Å²) in [5.41, 5.74) is 2.04. The number of hydrogen-bond donors (Lipinski definition) is 0. The molecule has 12 heteroatoms. The lowest BCUT2D eigenvalue weighted by atomic mass is 9.93. The van der Waals surface area contributed by atoms with Crippen molar-refractivity contribution in [3.63, 3.8) is 0 Å². The molecule has 3 aromatic heterocycles. The van der Waals surface area contributed by atoms with Crippen molar-refractivity contribution < 1.29 is 13.9 Å². The van der Waals surface area contributed by atoms with E-state index in [2.05, 4.69) is 25.9 Å². The molecule has 0 radical (unpaired) electrons. The van der Waals surface area contributed by atoms with Crippen LogP contribution in [-0.2, 0) is 9.53 Å². The zero-order valence-electron chi connectivity index (χ0n) is 22.9. The summed E-state index contributed by atoms with van der Waals surface area (Å²) in [5, 5.41) is 1.10. The topological polar surface area (TPSA) is 99.6 Å². The summed E-state index contributed by atoms with van der Waals surface area (Å²) in [4.78, 5) is 42.6. The van der Waals surface area contributed by atoms with Crippen LogP contribution in [-0.4, -0.2) is 33.4 Å². The number of aromatic nitrogens is 3. The van der Waals surface area contributed by atoms with Gasteiger partial charge in [0, 0.05) is 28.9 Å². The molecule has 0 saturated carbocycles. The minimum atomic E-state index is -0.742. The zero-order chi connectivity index (χ0) is 29.9. The molecule has 0 N–H and O–H groups in total. The molecular weight excluding hydrogens is 668 g/mol. The summed E-state index contributed by atoms with van der Waals surface area (Å²) in [5.74, 6) is -0.0394. The average molecular weight is 692 g/mol. The van der Waals surface area contributed by atoms with E-state index < -0.39 is 12.0 Å². The largest absolute Gasteiger partial charge is 0.463 e. The minimum Gasteiger partial charge on any atom is -0.463 e. The number of nitrogens with zero attached hydrogens (tertiary/aromatic N) is 4. The molecule has 4 heterocycles. The quantitative estimate of drug-likeness (QED) is 0.112. The standard InChI is InChI=1S/C31H23BrN4O4S3/c1-3-39-28(38)24-25(18-8-5-4-6-9-18)35-31-36(26(24)19-10-12-21(41-2)13-11-19)27(37)23(42-31)17-20-16-22(32)29(40-20)43-30-33-14-7-15-34-30/h4-17,26H,3H2,1-2H3/b23-17+/t26-/m1/s1. The molecule has 43 heavy (non-hydrogen) atoms. The minimum absolute atomic E-state index is 0.189. The molecule has 0 spiro atoms. The Bertz CT molecular complexity index is 2000. The fraction of sp³-hybridized carbons (Fsp3) is 0.129. The lowest BCUT2D eigenvalue weighted by Gasteiger charge is -2.26. The second-order valence-electron chi connectivity index (χ2n) is 9.12. The van der Waals surface area contributed by atoms with Crippen LogP contribution < -0.4 is 14.9 Å². The number of ether oxygens (including phenoxy) is 1. The molecule has 0 bridgehead atoms. The van der Waals surface area contributed by atoms with E-state index in [1.165, 1.54) is 23.1 Å². The second kappa shape index (κ2) is 12.9. The van der Waals surface area contributed by atoms with Gasteiger partial charge in [-0.1, -0.05) is 53.8 Å². The molecular formula is C31H23BrN4O4S3. The van der Waals surface area contributed by atoms with Gasteiger partial charge in [-0.25, -0.2) is 19.8 Å². The van der Waals surface area contributed by atoms with Crippen molar-refractivity contribution in [3.8, 4) is 0 Å². The monoisotopic (exact) mass is 690 g/mol. The van der Waals surface area contributed by atoms with E-state index in [0.29, 0.717) is 41.1 Å². The molecule has 0 fully saturated rings. The van der Waals surface area contributed by atoms with Crippen LogP contribution >= 0.6 is 50.8 Å². The SMILES string of the molecule is CCOC(=O)C1=C(c2ccccc2)N=c2s/c(=C/c3cc(Br)c(Sc4ncccn4)o3)c(=O)n2[C@@H]1c1ccc(SC)cc1. The molecule has 1 aliphatic heterocycles. The molecule has 6 rings (SSSR count). The van der Waals surface area contributed by atoms with Crippen LogP contribution in [0.2, 0.25) is 0 Å². The Morgan fingerprint density at radius 2 is 1.86 bits per heavy atom. The average Bonchev–Trinajstić information content (AvgIpc) is 3.54. The third-order valence-corrected chi connectivity index (χ3v) is 9.94. The predicted octanol–water partition coefficient (Wildman–Crippen LogP) is 5.95. The smallest absolute Gasteiger partial charge is 0.338 e. The summed E-state index contributed by atoms with van der Waals surface area (Å²) >= 11 is 7.66. The number of carbonyl (C=O) groups excluding carboxylic acids is 1. The molecule has 0 amide bonds. The van der Waals surface area contributed by atoms with E-state index in [-0.39, 0.29) is 12.2 Å². The Labute approximate surface area is 267 Å². The number of benzene rings is 2. The van der Waals surface area contributed by atoms with E-state index in [1.807, 2.05) is 60.9 Å². The molecule has 0 aliphatic carbocycles. The number of hydrogen-bond acceptors (Lipinski definition) is 10. The Morgan fingerprint density at radius 3 is 2.56 bits per heavy atom. The van der Waals surface area contributed by atoms with Crippen molar-refractivity contribution in [2.75, 3.05) is 12.9 Å². The van der Waals surface area contributed by atoms with E-state index in [4.69, 9.17) is 14.1 Å². The third-order valence-electron chi connectivity index (χ3n) is 6.48. The lowest BCUT2D eigenvalue weighted by molar-refractivity contribution is -0.138. The van der Waals surface area contributed by atoms with Gasteiger partial charge < -0.3 is 9.15 Å². The number of rotatable bonds is 8. The first-order valence-corrected chi connectivity index (χ1v) is 16.8. The molecule has 8 nitrogen and oxygen atoms in total. The summed E-state index contributed by atoms with van der Waals surface area (Å²) in [6, 6.07) is 20.1. The molecule has 216 valence electrons. The second-order valence-corrected chi connectivity index (χ2v) is 12.8. The van der Waals surface area contributed by atoms with E-state index in [0.717, 1.165) is 16.0 Å². The van der Waals surface area contributed by atoms with Crippen molar-refractivity contribution in [1.82, 2.24) is 14.5 Å². The molecule has 5 aromatic rings. The molecule has 2 aromatic carbocycles. The van der Waals surface area contributed by atoms with Gasteiger partial charge in [0.1, 0.15) is 5.76 Å². The molecule has 1 aliphatic rings. The Hall–Kier alpha value is -3.71. The number of halogens is 1. The van der Waals surface area contributed by atoms with E-state index in [9.17, 15) is 9.59 Å². The maximum Gasteiger partial charge on any atom is 0.338 e. The number of thioether (sulfide) groups is 1. The Morgan fingerprint density at radius 1 is 1.12 bits per heavy atom. The van der Waals surface area contributed by atoms with Crippen molar-refractivity contribution in [1.29, 1.82) is 0 Å². The van der Waals surface area contributed by atoms with Crippen LogP contribution in [0.5, 0.6) is 0 Å². The van der Waals surface area contributed by atoms with Crippen molar-refractivity contribution in [3.05, 3.63) is 126 Å². The summed E-state index contributed by atoms with van der Waals surface area (Å²) in [6.07, 6.45) is 7.01. The maximum absolute atomic E-state index is 14.1. The highest BCUT2D eigenvalue weighted by molar-refractivity contribution is 9.10. The Balaban J connectivity index is 1.53. The van der Waals surface area contributed by atoms with Gasteiger partial charge in [-0.3, -0.25) is 9.36 Å². The first-order valence-electron chi connectivity index (χ1n) is 13.1. The molecule has 0 saturated heterocycles. The summed E-state index contributed by atoms with van der Waals surface area (Å²) in [7, 11) is 0. The summed E-state index contributed by atoms with van der Waals surface area (Å²) < 4.78 is 14.3. The fourth-order valence-corrected chi connectivity index (χ4v) is 7.23. The van der Waals surface area contributed by atoms with Gasteiger partial charge >= 0.3 is 5.97 Å². The van der Waals surface area contributed by atoms with Gasteiger partial charge in [0.2, 0.25) is 0 Å². The van der Waals surface area contributed by atoms with Gasteiger partial charge in [-0.15, -0.1) is 11.8 Å². The van der Waals surface area contributed by atoms with Crippen LogP contribution in [0.1, 0.15) is 29.9 Å². The lowest BCUT2D eigenvalue weighted by Crippen LogP contribution is -2.40. The number of esters is 1. The number of fused-ring (bicyclic) bond motifs is 1. The number of furan rings is 1. The Kier molecular flexibility index (Phi) is 8.80. The van der Waals surface area contributed by atoms with Crippen LogP contribution in [0.25, 0.3) is 11.8 Å². The van der Waals surface area contributed by atoms with Crippen LogP contribution in [0.3, 0.4) is 0 Å². The van der Waals surface area contributed by atoms with Gasteiger partial charge in [-0.2, -0.15) is 0 Å². The predicted molar refractivity (Wildman–Crippen MR) is 172 cm³/mol. The van der Waals surface area contributed by atoms with Crippen molar-refractivity contribution in [2.45, 2.75) is 28.1 Å². The van der Waals surface area contributed by atoms with Gasteiger partial charge in [0.25, 0.3) is 5.56 Å². The van der Waals surface area contributed by atoms with Crippen LogP contribution in [0, 0.1) is 0 Å². The highest BCUT2D eigenvalue weighted by atomic mass is 79.9. The number of carbonyl (C=O) groups is 1. The first kappa shape index (κ1) is 29.4. The zero-order valence-corrected chi connectivity index (χ0v) is 26.9. The van der Waals surface area contributed by atoms with Crippen molar-refractivity contribution in [2.24, 2.45) is 4.99 Å². The van der Waals surface area contributed by atoms with Crippen LogP contribution in [0.15, 0.2) is 119 Å².